The molecule has 0 aliphatic rings. The Morgan fingerprint density at radius 1 is 1.17 bits per heavy atom. The van der Waals surface area contributed by atoms with Crippen LogP contribution in [0.1, 0.15) is 29.8 Å². The van der Waals surface area contributed by atoms with Crippen LogP contribution in [-0.2, 0) is 6.54 Å². The number of amides is 1. The average molecular weight is 321 g/mol. The highest BCUT2D eigenvalue weighted by Gasteiger charge is 2.21. The fourth-order valence-corrected chi connectivity index (χ4v) is 2.72. The molecule has 24 heavy (non-hydrogen) atoms. The highest BCUT2D eigenvalue weighted by molar-refractivity contribution is 6.06. The molecule has 0 aliphatic carbocycles. The first-order valence-corrected chi connectivity index (χ1v) is 7.88. The van der Waals surface area contributed by atoms with Gasteiger partial charge in [-0.15, -0.1) is 0 Å². The van der Waals surface area contributed by atoms with Gasteiger partial charge in [-0.25, -0.2) is 0 Å². The quantitative estimate of drug-likeness (QED) is 0.803. The van der Waals surface area contributed by atoms with Crippen LogP contribution >= 0.6 is 0 Å². The van der Waals surface area contributed by atoms with E-state index in [9.17, 15) is 9.59 Å². The van der Waals surface area contributed by atoms with Crippen molar-refractivity contribution in [2.75, 3.05) is 0 Å². The summed E-state index contributed by atoms with van der Waals surface area (Å²) in [5, 5.41) is 1.19. The monoisotopic (exact) mass is 321 g/mol. The van der Waals surface area contributed by atoms with E-state index in [1.165, 1.54) is 6.20 Å². The second-order valence-electron chi connectivity index (χ2n) is 5.97. The number of fused-ring (bicyclic) bond motifs is 1. The molecule has 0 bridgehead atoms. The molecule has 0 saturated carbocycles. The van der Waals surface area contributed by atoms with Crippen molar-refractivity contribution in [3.63, 3.8) is 0 Å². The largest absolute Gasteiger partial charge is 0.332 e. The third-order valence-corrected chi connectivity index (χ3v) is 4.00. The van der Waals surface area contributed by atoms with Crippen molar-refractivity contribution in [2.24, 2.45) is 0 Å². The van der Waals surface area contributed by atoms with E-state index in [1.807, 2.05) is 32.0 Å². The molecular formula is C19H19N3O2. The number of aromatic amines is 1. The minimum atomic E-state index is -0.189. The van der Waals surface area contributed by atoms with E-state index in [0.717, 1.165) is 5.56 Å². The van der Waals surface area contributed by atoms with Crippen LogP contribution in [0.2, 0.25) is 0 Å². The number of rotatable bonds is 4. The van der Waals surface area contributed by atoms with Crippen molar-refractivity contribution in [3.05, 3.63) is 76.5 Å². The molecule has 0 saturated heterocycles. The Morgan fingerprint density at radius 3 is 2.58 bits per heavy atom. The predicted molar refractivity (Wildman–Crippen MR) is 93.8 cm³/mol. The molecule has 0 unspecified atom stereocenters. The molecule has 2 aromatic heterocycles. The third-order valence-electron chi connectivity index (χ3n) is 4.00. The number of nitrogens with zero attached hydrogens (tertiary/aromatic N) is 2. The van der Waals surface area contributed by atoms with Crippen LogP contribution in [0, 0.1) is 0 Å². The SMILES string of the molecule is CC(C)N(Cc1cccnc1)C(=O)c1c[nH]c(=O)c2ccccc12. The Morgan fingerprint density at radius 2 is 1.92 bits per heavy atom. The first kappa shape index (κ1) is 15.9. The van der Waals surface area contributed by atoms with Gasteiger partial charge >= 0.3 is 0 Å². The second kappa shape index (κ2) is 6.66. The predicted octanol–water partition coefficient (Wildman–Crippen LogP) is 2.97. The molecule has 5 nitrogen and oxygen atoms in total. The number of aromatic nitrogens is 2. The molecule has 0 radical (unpaired) electrons. The van der Waals surface area contributed by atoms with Crippen LogP contribution in [0.5, 0.6) is 0 Å². The molecule has 122 valence electrons. The summed E-state index contributed by atoms with van der Waals surface area (Å²) in [6, 6.07) is 11.0. The minimum Gasteiger partial charge on any atom is -0.332 e. The number of hydrogen-bond acceptors (Lipinski definition) is 3. The van der Waals surface area contributed by atoms with Crippen LogP contribution in [-0.4, -0.2) is 26.8 Å². The van der Waals surface area contributed by atoms with E-state index in [2.05, 4.69) is 9.97 Å². The first-order valence-electron chi connectivity index (χ1n) is 7.88. The van der Waals surface area contributed by atoms with Crippen LogP contribution in [0.3, 0.4) is 0 Å². The van der Waals surface area contributed by atoms with Crippen LogP contribution in [0.15, 0.2) is 59.8 Å². The fourth-order valence-electron chi connectivity index (χ4n) is 2.72. The summed E-state index contributed by atoms with van der Waals surface area (Å²) in [7, 11) is 0. The minimum absolute atomic E-state index is 0.0170. The summed E-state index contributed by atoms with van der Waals surface area (Å²) >= 11 is 0. The summed E-state index contributed by atoms with van der Waals surface area (Å²) < 4.78 is 0. The highest BCUT2D eigenvalue weighted by Crippen LogP contribution is 2.19. The molecular weight excluding hydrogens is 302 g/mol. The summed E-state index contributed by atoms with van der Waals surface area (Å²) in [5.74, 6) is -0.110. The molecule has 0 spiro atoms. The van der Waals surface area contributed by atoms with Gasteiger partial charge in [0.1, 0.15) is 0 Å². The zero-order chi connectivity index (χ0) is 17.1. The van der Waals surface area contributed by atoms with E-state index >= 15 is 0 Å². The number of carbonyl (C=O) groups is 1. The maximum absolute atomic E-state index is 13.1. The summed E-state index contributed by atoms with van der Waals surface area (Å²) in [6.07, 6.45) is 4.97. The molecule has 2 heterocycles. The van der Waals surface area contributed by atoms with Gasteiger partial charge in [0.05, 0.1) is 5.56 Å². The highest BCUT2D eigenvalue weighted by atomic mass is 16.2. The van der Waals surface area contributed by atoms with Gasteiger partial charge in [0.25, 0.3) is 11.5 Å². The molecule has 3 aromatic rings. The van der Waals surface area contributed by atoms with E-state index in [-0.39, 0.29) is 17.5 Å². The molecule has 1 N–H and O–H groups in total. The van der Waals surface area contributed by atoms with Crippen molar-refractivity contribution in [1.29, 1.82) is 0 Å². The fraction of sp³-hybridized carbons (Fsp3) is 0.211. The third kappa shape index (κ3) is 3.06. The van der Waals surface area contributed by atoms with E-state index in [0.29, 0.717) is 22.9 Å². The van der Waals surface area contributed by atoms with Crippen LogP contribution < -0.4 is 5.56 Å². The van der Waals surface area contributed by atoms with Gasteiger partial charge in [0.15, 0.2) is 0 Å². The molecule has 1 aromatic carbocycles. The Labute approximate surface area is 140 Å². The lowest BCUT2D eigenvalue weighted by Gasteiger charge is -2.27. The van der Waals surface area contributed by atoms with Gasteiger partial charge in [0.2, 0.25) is 0 Å². The number of benzene rings is 1. The maximum atomic E-state index is 13.1. The van der Waals surface area contributed by atoms with Gasteiger partial charge in [-0.3, -0.25) is 14.6 Å². The number of hydrogen-bond donors (Lipinski definition) is 1. The van der Waals surface area contributed by atoms with Crippen molar-refractivity contribution < 1.29 is 4.79 Å². The molecule has 0 atom stereocenters. The number of nitrogens with one attached hydrogen (secondary N) is 1. The second-order valence-corrected chi connectivity index (χ2v) is 5.97. The summed E-state index contributed by atoms with van der Waals surface area (Å²) in [6.45, 7) is 4.42. The number of pyridine rings is 2. The maximum Gasteiger partial charge on any atom is 0.256 e. The topological polar surface area (TPSA) is 66.1 Å². The Hall–Kier alpha value is -2.95. The average Bonchev–Trinajstić information content (AvgIpc) is 2.60. The molecule has 5 heteroatoms. The number of carbonyl (C=O) groups excluding carboxylic acids is 1. The lowest BCUT2D eigenvalue weighted by Crippen LogP contribution is -2.36. The normalized spacial score (nSPS) is 11.0. The van der Waals surface area contributed by atoms with Crippen molar-refractivity contribution in [2.45, 2.75) is 26.4 Å². The molecule has 0 aliphatic heterocycles. The summed E-state index contributed by atoms with van der Waals surface area (Å²) in [4.78, 5) is 33.6. The van der Waals surface area contributed by atoms with Gasteiger partial charge < -0.3 is 9.88 Å². The standard InChI is InChI=1S/C19H19N3O2/c1-13(2)22(12-14-6-5-9-20-10-14)19(24)17-11-21-18(23)16-8-4-3-7-15(16)17/h3-11,13H,12H2,1-2H3,(H,21,23). The van der Waals surface area contributed by atoms with Gasteiger partial charge in [-0.1, -0.05) is 24.3 Å². The molecule has 0 fully saturated rings. The zero-order valence-corrected chi connectivity index (χ0v) is 13.7. The van der Waals surface area contributed by atoms with Gasteiger partial charge in [0, 0.05) is 41.9 Å². The van der Waals surface area contributed by atoms with Gasteiger partial charge in [-0.2, -0.15) is 0 Å². The smallest absolute Gasteiger partial charge is 0.256 e. The van der Waals surface area contributed by atoms with Crippen molar-refractivity contribution in [3.8, 4) is 0 Å². The summed E-state index contributed by atoms with van der Waals surface area (Å²) in [5.41, 5.74) is 1.28. The Kier molecular flexibility index (Phi) is 4.42. The van der Waals surface area contributed by atoms with Crippen molar-refractivity contribution in [1.82, 2.24) is 14.9 Å². The van der Waals surface area contributed by atoms with E-state index < -0.39 is 0 Å². The number of H-pyrrole nitrogens is 1. The molecule has 1 amide bonds. The van der Waals surface area contributed by atoms with Gasteiger partial charge in [-0.05, 0) is 31.5 Å². The molecule has 3 rings (SSSR count). The van der Waals surface area contributed by atoms with Crippen molar-refractivity contribution >= 4 is 16.7 Å². The zero-order valence-electron chi connectivity index (χ0n) is 13.7. The van der Waals surface area contributed by atoms with E-state index in [1.54, 1.807) is 35.5 Å². The lowest BCUT2D eigenvalue weighted by molar-refractivity contribution is 0.0692. The van der Waals surface area contributed by atoms with E-state index in [4.69, 9.17) is 0 Å². The lowest BCUT2D eigenvalue weighted by atomic mass is 10.1. The Balaban J connectivity index is 2.03. The van der Waals surface area contributed by atoms with Crippen LogP contribution in [0.4, 0.5) is 0 Å². The Bertz CT molecular complexity index is 917. The van der Waals surface area contributed by atoms with Crippen LogP contribution in [0.25, 0.3) is 10.8 Å². The first-order chi connectivity index (χ1) is 11.6.